The Bertz CT molecular complexity index is 518. The first kappa shape index (κ1) is 12.7. The molecule has 1 unspecified atom stereocenters. The van der Waals surface area contributed by atoms with Crippen LogP contribution in [-0.4, -0.2) is 28.7 Å². The molecule has 18 heavy (non-hydrogen) atoms. The molecule has 2 N–H and O–H groups in total. The van der Waals surface area contributed by atoms with Crippen LogP contribution >= 0.6 is 15.9 Å². The van der Waals surface area contributed by atoms with Crippen molar-refractivity contribution < 1.29 is 14.4 Å². The van der Waals surface area contributed by atoms with Crippen LogP contribution in [0.15, 0.2) is 22.9 Å². The van der Waals surface area contributed by atoms with Crippen LogP contribution in [0, 0.1) is 0 Å². The van der Waals surface area contributed by atoms with E-state index in [9.17, 15) is 14.4 Å². The summed E-state index contributed by atoms with van der Waals surface area (Å²) in [5.74, 6) is -1.14. The average molecular weight is 312 g/mol. The maximum Gasteiger partial charge on any atom is 0.252 e. The lowest BCUT2D eigenvalue weighted by Crippen LogP contribution is -2.52. The molecule has 1 aliphatic rings. The highest BCUT2D eigenvalue weighted by molar-refractivity contribution is 9.10. The molecule has 7 heteroatoms. The van der Waals surface area contributed by atoms with Crippen LogP contribution in [0.1, 0.15) is 23.2 Å². The lowest BCUT2D eigenvalue weighted by atomic mass is 10.1. The Hall–Kier alpha value is -1.76. The second-order valence-corrected chi connectivity index (χ2v) is 4.66. The van der Waals surface area contributed by atoms with Crippen LogP contribution in [-0.2, 0) is 9.59 Å². The third kappa shape index (κ3) is 2.92. The molecular weight excluding hydrogens is 302 g/mol. The minimum Gasteiger partial charge on any atom is -0.340 e. The first-order valence-corrected chi connectivity index (χ1v) is 6.11. The van der Waals surface area contributed by atoms with Gasteiger partial charge in [0.1, 0.15) is 10.6 Å². The molecule has 94 valence electrons. The molecule has 0 aliphatic carbocycles. The average Bonchev–Trinajstić information content (AvgIpc) is 2.32. The third-order valence-corrected chi connectivity index (χ3v) is 2.97. The van der Waals surface area contributed by atoms with E-state index in [1.165, 1.54) is 6.20 Å². The molecule has 0 saturated carbocycles. The summed E-state index contributed by atoms with van der Waals surface area (Å²) in [5.41, 5.74) is 0.404. The molecule has 1 aromatic rings. The first-order chi connectivity index (χ1) is 8.56. The lowest BCUT2D eigenvalue weighted by Gasteiger charge is -2.21. The molecule has 1 aliphatic heterocycles. The van der Waals surface area contributed by atoms with E-state index >= 15 is 0 Å². The fourth-order valence-corrected chi connectivity index (χ4v) is 1.98. The maximum atomic E-state index is 11.9. The molecule has 1 saturated heterocycles. The Morgan fingerprint density at radius 2 is 2.28 bits per heavy atom. The Morgan fingerprint density at radius 1 is 1.50 bits per heavy atom. The number of carbonyl (C=O) groups excluding carboxylic acids is 3. The topological polar surface area (TPSA) is 88.2 Å². The van der Waals surface area contributed by atoms with Crippen LogP contribution in [0.3, 0.4) is 0 Å². The van der Waals surface area contributed by atoms with Gasteiger partial charge >= 0.3 is 0 Å². The Kier molecular flexibility index (Phi) is 3.71. The van der Waals surface area contributed by atoms with E-state index in [0.29, 0.717) is 16.6 Å². The van der Waals surface area contributed by atoms with Crippen molar-refractivity contribution in [2.75, 3.05) is 0 Å². The summed E-state index contributed by atoms with van der Waals surface area (Å²) in [6.07, 6.45) is 2.04. The molecule has 6 nitrogen and oxygen atoms in total. The largest absolute Gasteiger partial charge is 0.340 e. The molecule has 0 spiro atoms. The van der Waals surface area contributed by atoms with E-state index in [2.05, 4.69) is 31.5 Å². The molecule has 1 atom stereocenters. The number of pyridine rings is 1. The van der Waals surface area contributed by atoms with Gasteiger partial charge in [-0.05, 0) is 34.5 Å². The lowest BCUT2D eigenvalue weighted by molar-refractivity contribution is -0.134. The van der Waals surface area contributed by atoms with Crippen molar-refractivity contribution in [3.05, 3.63) is 28.5 Å². The summed E-state index contributed by atoms with van der Waals surface area (Å²) in [7, 11) is 0. The zero-order valence-corrected chi connectivity index (χ0v) is 10.9. The SMILES string of the molecule is O=C1CCC(NC(=O)c2ccnc(Br)c2)C(=O)N1. The van der Waals surface area contributed by atoms with Crippen molar-refractivity contribution in [3.63, 3.8) is 0 Å². The summed E-state index contributed by atoms with van der Waals surface area (Å²) in [6.45, 7) is 0. The zero-order valence-electron chi connectivity index (χ0n) is 9.27. The van der Waals surface area contributed by atoms with Gasteiger partial charge in [-0.15, -0.1) is 0 Å². The molecule has 2 rings (SSSR count). The van der Waals surface area contributed by atoms with Gasteiger partial charge in [0.15, 0.2) is 0 Å². The van der Waals surface area contributed by atoms with Crippen molar-refractivity contribution in [1.82, 2.24) is 15.6 Å². The van der Waals surface area contributed by atoms with Crippen LogP contribution < -0.4 is 10.6 Å². The number of nitrogens with zero attached hydrogens (tertiary/aromatic N) is 1. The first-order valence-electron chi connectivity index (χ1n) is 5.32. The monoisotopic (exact) mass is 311 g/mol. The van der Waals surface area contributed by atoms with Gasteiger partial charge in [-0.1, -0.05) is 0 Å². The molecule has 0 radical (unpaired) electrons. The summed E-state index contributed by atoms with van der Waals surface area (Å²) in [4.78, 5) is 38.2. The zero-order chi connectivity index (χ0) is 13.1. The Morgan fingerprint density at radius 3 is 2.94 bits per heavy atom. The number of halogens is 1. The normalized spacial score (nSPS) is 19.3. The number of imide groups is 1. The highest BCUT2D eigenvalue weighted by atomic mass is 79.9. The fourth-order valence-electron chi connectivity index (χ4n) is 1.62. The molecule has 0 aromatic carbocycles. The third-order valence-electron chi connectivity index (χ3n) is 2.53. The smallest absolute Gasteiger partial charge is 0.252 e. The van der Waals surface area contributed by atoms with Crippen molar-refractivity contribution in [1.29, 1.82) is 0 Å². The van der Waals surface area contributed by atoms with E-state index in [4.69, 9.17) is 0 Å². The molecule has 1 aromatic heterocycles. The minimum atomic E-state index is -0.665. The number of carbonyl (C=O) groups is 3. The van der Waals surface area contributed by atoms with Gasteiger partial charge in [-0.2, -0.15) is 0 Å². The number of aromatic nitrogens is 1. The van der Waals surface area contributed by atoms with E-state index in [0.717, 1.165) is 0 Å². The summed E-state index contributed by atoms with van der Waals surface area (Å²) < 4.78 is 0.540. The molecular formula is C11H10BrN3O3. The van der Waals surface area contributed by atoms with Crippen LogP contribution in [0.25, 0.3) is 0 Å². The van der Waals surface area contributed by atoms with Crippen LogP contribution in [0.4, 0.5) is 0 Å². The van der Waals surface area contributed by atoms with Crippen molar-refractivity contribution in [2.45, 2.75) is 18.9 Å². The van der Waals surface area contributed by atoms with E-state index < -0.39 is 11.9 Å². The number of hydrogen-bond acceptors (Lipinski definition) is 4. The van der Waals surface area contributed by atoms with Gasteiger partial charge in [0.25, 0.3) is 5.91 Å². The number of amides is 3. The standard InChI is InChI=1S/C11H10BrN3O3/c12-8-5-6(3-4-13-8)10(17)14-7-1-2-9(16)15-11(7)18/h3-5,7H,1-2H2,(H,14,17)(H,15,16,18). The predicted octanol–water partition coefficient (Wildman–Crippen LogP) is 0.379. The van der Waals surface area contributed by atoms with Gasteiger partial charge in [0.05, 0.1) is 0 Å². The van der Waals surface area contributed by atoms with E-state index in [1.54, 1.807) is 12.1 Å². The van der Waals surface area contributed by atoms with Crippen molar-refractivity contribution in [3.8, 4) is 0 Å². The molecule has 3 amide bonds. The number of nitrogens with one attached hydrogen (secondary N) is 2. The summed E-state index contributed by atoms with van der Waals surface area (Å²) in [5, 5.41) is 4.76. The van der Waals surface area contributed by atoms with Crippen LogP contribution in [0.2, 0.25) is 0 Å². The molecule has 0 bridgehead atoms. The Balaban J connectivity index is 2.03. The van der Waals surface area contributed by atoms with Gasteiger partial charge in [0.2, 0.25) is 11.8 Å². The van der Waals surface area contributed by atoms with Gasteiger partial charge in [0, 0.05) is 18.2 Å². The number of piperidine rings is 1. The van der Waals surface area contributed by atoms with Crippen molar-refractivity contribution >= 4 is 33.7 Å². The van der Waals surface area contributed by atoms with Gasteiger partial charge < -0.3 is 5.32 Å². The van der Waals surface area contributed by atoms with E-state index in [-0.39, 0.29) is 18.2 Å². The summed E-state index contributed by atoms with van der Waals surface area (Å²) >= 11 is 3.16. The van der Waals surface area contributed by atoms with Gasteiger partial charge in [-0.25, -0.2) is 4.98 Å². The number of rotatable bonds is 2. The van der Waals surface area contributed by atoms with E-state index in [1.807, 2.05) is 0 Å². The molecule has 1 fully saturated rings. The minimum absolute atomic E-state index is 0.233. The fraction of sp³-hybridized carbons (Fsp3) is 0.273. The Labute approximate surface area is 111 Å². The highest BCUT2D eigenvalue weighted by Crippen LogP contribution is 2.10. The highest BCUT2D eigenvalue weighted by Gasteiger charge is 2.27. The number of hydrogen-bond donors (Lipinski definition) is 2. The predicted molar refractivity (Wildman–Crippen MR) is 65.6 cm³/mol. The second-order valence-electron chi connectivity index (χ2n) is 3.84. The van der Waals surface area contributed by atoms with Crippen LogP contribution in [0.5, 0.6) is 0 Å². The quantitative estimate of drug-likeness (QED) is 0.610. The maximum absolute atomic E-state index is 11.9. The van der Waals surface area contributed by atoms with Crippen molar-refractivity contribution in [2.24, 2.45) is 0 Å². The molecule has 2 heterocycles. The van der Waals surface area contributed by atoms with Gasteiger partial charge in [-0.3, -0.25) is 19.7 Å². The summed E-state index contributed by atoms with van der Waals surface area (Å²) in [6, 6.07) is 2.44. The second kappa shape index (κ2) is 5.26.